The van der Waals surface area contributed by atoms with Crippen molar-refractivity contribution in [3.8, 4) is 0 Å². The molecule has 17 heavy (non-hydrogen) atoms. The van der Waals surface area contributed by atoms with Crippen molar-refractivity contribution in [3.63, 3.8) is 0 Å². The van der Waals surface area contributed by atoms with Gasteiger partial charge in [-0.25, -0.2) is 9.59 Å². The highest BCUT2D eigenvalue weighted by Gasteiger charge is 2.25. The fourth-order valence-corrected chi connectivity index (χ4v) is 1.43. The van der Waals surface area contributed by atoms with Crippen LogP contribution in [0.2, 0.25) is 0 Å². The maximum absolute atomic E-state index is 11.7. The third-order valence-corrected chi connectivity index (χ3v) is 2.44. The van der Waals surface area contributed by atoms with Crippen LogP contribution in [0.15, 0.2) is 35.9 Å². The topological polar surface area (TPSA) is 52.6 Å². The molecule has 1 aromatic carbocycles. The van der Waals surface area contributed by atoms with Gasteiger partial charge in [0.15, 0.2) is 0 Å². The van der Waals surface area contributed by atoms with Crippen molar-refractivity contribution in [2.45, 2.75) is 20.1 Å². The highest BCUT2D eigenvalue weighted by molar-refractivity contribution is 5.92. The van der Waals surface area contributed by atoms with Crippen molar-refractivity contribution in [2.75, 3.05) is 0 Å². The molecule has 0 aliphatic carbocycles. The first-order valence-corrected chi connectivity index (χ1v) is 5.23. The highest BCUT2D eigenvalue weighted by atomic mass is 16.7. The van der Waals surface area contributed by atoms with Gasteiger partial charge in [0.2, 0.25) is 0 Å². The first-order valence-electron chi connectivity index (χ1n) is 5.23. The van der Waals surface area contributed by atoms with Crippen LogP contribution in [0, 0.1) is 6.92 Å². The molecule has 1 aliphatic rings. The van der Waals surface area contributed by atoms with Gasteiger partial charge in [0.25, 0.3) is 6.29 Å². The molecule has 1 aromatic rings. The maximum atomic E-state index is 11.7. The van der Waals surface area contributed by atoms with Crippen molar-refractivity contribution < 1.29 is 19.1 Å². The van der Waals surface area contributed by atoms with Crippen LogP contribution >= 0.6 is 0 Å². The number of ether oxygens (including phenoxy) is 2. The standard InChI is InChI=1S/C13H12O4/c1-8-3-5-10(6-4-8)13(15)17-11-7-9(2)12(14)16-11/h3-7,11H,1-2H3/t11-/m0/s1. The average molecular weight is 232 g/mol. The summed E-state index contributed by atoms with van der Waals surface area (Å²) in [5, 5.41) is 0. The van der Waals surface area contributed by atoms with E-state index in [0.29, 0.717) is 11.1 Å². The normalized spacial score (nSPS) is 18.6. The number of hydrogen-bond acceptors (Lipinski definition) is 4. The third-order valence-electron chi connectivity index (χ3n) is 2.44. The molecule has 0 aromatic heterocycles. The third kappa shape index (κ3) is 2.53. The van der Waals surface area contributed by atoms with Crippen LogP contribution in [0.3, 0.4) is 0 Å². The second kappa shape index (κ2) is 4.41. The molecule has 4 heteroatoms. The molecular weight excluding hydrogens is 220 g/mol. The van der Waals surface area contributed by atoms with Gasteiger partial charge in [0, 0.05) is 11.6 Å². The summed E-state index contributed by atoms with van der Waals surface area (Å²) in [7, 11) is 0. The number of esters is 2. The van der Waals surface area contributed by atoms with E-state index in [2.05, 4.69) is 0 Å². The van der Waals surface area contributed by atoms with Crippen LogP contribution in [0.25, 0.3) is 0 Å². The summed E-state index contributed by atoms with van der Waals surface area (Å²) in [5.74, 6) is -0.958. The van der Waals surface area contributed by atoms with Crippen molar-refractivity contribution in [1.29, 1.82) is 0 Å². The number of aryl methyl sites for hydroxylation is 1. The summed E-state index contributed by atoms with van der Waals surface area (Å²) in [6, 6.07) is 6.98. The first kappa shape index (κ1) is 11.4. The minimum absolute atomic E-state index is 0.435. The molecule has 2 rings (SSSR count). The summed E-state index contributed by atoms with van der Waals surface area (Å²) >= 11 is 0. The van der Waals surface area contributed by atoms with Gasteiger partial charge >= 0.3 is 11.9 Å². The van der Waals surface area contributed by atoms with E-state index >= 15 is 0 Å². The van der Waals surface area contributed by atoms with Crippen LogP contribution in [-0.4, -0.2) is 18.2 Å². The van der Waals surface area contributed by atoms with Gasteiger partial charge in [-0.05, 0) is 26.0 Å². The Balaban J connectivity index is 2.03. The number of cyclic esters (lactones) is 1. The summed E-state index contributed by atoms with van der Waals surface area (Å²) in [5.41, 5.74) is 1.95. The number of carbonyl (C=O) groups excluding carboxylic acids is 2. The van der Waals surface area contributed by atoms with E-state index in [1.54, 1.807) is 19.1 Å². The number of benzene rings is 1. The van der Waals surface area contributed by atoms with E-state index in [1.807, 2.05) is 19.1 Å². The summed E-state index contributed by atoms with van der Waals surface area (Å²) < 4.78 is 9.83. The SMILES string of the molecule is CC1=C[C@H](OC(=O)c2ccc(C)cc2)OC1=O. The molecule has 0 bridgehead atoms. The second-order valence-corrected chi connectivity index (χ2v) is 3.89. The Kier molecular flexibility index (Phi) is 2.95. The Labute approximate surface area is 98.8 Å². The largest absolute Gasteiger partial charge is 0.418 e. The number of rotatable bonds is 2. The molecule has 4 nitrogen and oxygen atoms in total. The summed E-state index contributed by atoms with van der Waals surface area (Å²) in [6.07, 6.45) is 0.574. The molecule has 1 heterocycles. The zero-order valence-electron chi connectivity index (χ0n) is 9.60. The Morgan fingerprint density at radius 3 is 2.41 bits per heavy atom. The minimum atomic E-state index is -0.906. The van der Waals surface area contributed by atoms with Gasteiger partial charge in [-0.15, -0.1) is 0 Å². The van der Waals surface area contributed by atoms with E-state index in [9.17, 15) is 9.59 Å². The van der Waals surface area contributed by atoms with Gasteiger partial charge in [-0.3, -0.25) is 0 Å². The quantitative estimate of drug-likeness (QED) is 0.731. The smallest absolute Gasteiger partial charge is 0.341 e. The molecule has 0 saturated heterocycles. The fourth-order valence-electron chi connectivity index (χ4n) is 1.43. The molecule has 0 amide bonds. The van der Waals surface area contributed by atoms with E-state index in [1.165, 1.54) is 6.08 Å². The van der Waals surface area contributed by atoms with Crippen LogP contribution in [-0.2, 0) is 14.3 Å². The van der Waals surface area contributed by atoms with Crippen LogP contribution in [0.5, 0.6) is 0 Å². The first-order chi connectivity index (χ1) is 8.06. The molecule has 0 radical (unpaired) electrons. The molecular formula is C13H12O4. The van der Waals surface area contributed by atoms with Crippen molar-refractivity contribution in [1.82, 2.24) is 0 Å². The lowest BCUT2D eigenvalue weighted by molar-refractivity contribution is -0.151. The molecule has 0 unspecified atom stereocenters. The molecule has 0 fully saturated rings. The van der Waals surface area contributed by atoms with E-state index < -0.39 is 18.2 Å². The Hall–Kier alpha value is -2.10. The Morgan fingerprint density at radius 1 is 1.24 bits per heavy atom. The van der Waals surface area contributed by atoms with Gasteiger partial charge in [-0.2, -0.15) is 0 Å². The molecule has 1 aliphatic heterocycles. The zero-order chi connectivity index (χ0) is 12.4. The van der Waals surface area contributed by atoms with Crippen LogP contribution in [0.4, 0.5) is 0 Å². The minimum Gasteiger partial charge on any atom is -0.418 e. The van der Waals surface area contributed by atoms with E-state index in [4.69, 9.17) is 9.47 Å². The lowest BCUT2D eigenvalue weighted by Gasteiger charge is -2.09. The van der Waals surface area contributed by atoms with Crippen molar-refractivity contribution in [2.24, 2.45) is 0 Å². The summed E-state index contributed by atoms with van der Waals surface area (Å²) in [4.78, 5) is 22.7. The number of hydrogen-bond donors (Lipinski definition) is 0. The number of carbonyl (C=O) groups is 2. The van der Waals surface area contributed by atoms with Crippen LogP contribution in [0.1, 0.15) is 22.8 Å². The lowest BCUT2D eigenvalue weighted by Crippen LogP contribution is -2.17. The fraction of sp³-hybridized carbons (Fsp3) is 0.231. The van der Waals surface area contributed by atoms with Gasteiger partial charge < -0.3 is 9.47 Å². The molecule has 0 saturated carbocycles. The van der Waals surface area contributed by atoms with Gasteiger partial charge in [0.05, 0.1) is 5.56 Å². The van der Waals surface area contributed by atoms with Gasteiger partial charge in [-0.1, -0.05) is 17.7 Å². The van der Waals surface area contributed by atoms with Crippen LogP contribution < -0.4 is 0 Å². The maximum Gasteiger partial charge on any atom is 0.341 e. The van der Waals surface area contributed by atoms with Crippen molar-refractivity contribution in [3.05, 3.63) is 47.0 Å². The van der Waals surface area contributed by atoms with Gasteiger partial charge in [0.1, 0.15) is 0 Å². The lowest BCUT2D eigenvalue weighted by atomic mass is 10.1. The van der Waals surface area contributed by atoms with E-state index in [0.717, 1.165) is 5.56 Å². The molecule has 0 spiro atoms. The van der Waals surface area contributed by atoms with E-state index in [-0.39, 0.29) is 0 Å². The van der Waals surface area contributed by atoms with Crippen molar-refractivity contribution >= 4 is 11.9 Å². The summed E-state index contributed by atoms with van der Waals surface area (Å²) in [6.45, 7) is 3.54. The molecule has 88 valence electrons. The second-order valence-electron chi connectivity index (χ2n) is 3.89. The Bertz CT molecular complexity index is 485. The molecule has 1 atom stereocenters. The predicted octanol–water partition coefficient (Wildman–Crippen LogP) is 1.98. The highest BCUT2D eigenvalue weighted by Crippen LogP contribution is 2.15. The monoisotopic (exact) mass is 232 g/mol. The molecule has 0 N–H and O–H groups in total. The zero-order valence-corrected chi connectivity index (χ0v) is 9.60. The Morgan fingerprint density at radius 2 is 1.88 bits per heavy atom. The predicted molar refractivity (Wildman–Crippen MR) is 60.2 cm³/mol. The average Bonchev–Trinajstić information content (AvgIpc) is 2.58.